The van der Waals surface area contributed by atoms with Crippen LogP contribution in [0.4, 0.5) is 0 Å². The second-order valence-corrected chi connectivity index (χ2v) is 2.79. The first kappa shape index (κ1) is 8.31. The van der Waals surface area contributed by atoms with Crippen molar-refractivity contribution in [3.63, 3.8) is 0 Å². The second-order valence-electron chi connectivity index (χ2n) is 1.80. The normalized spacial score (nSPS) is 9.75. The average molecular weight is 133 g/mol. The molecular weight excluding hydrogens is 118 g/mol. The third-order valence-electron chi connectivity index (χ3n) is 1.03. The summed E-state index contributed by atoms with van der Waals surface area (Å²) in [5.41, 5.74) is 0. The standard InChI is InChI=1S/C6H15NS/c1-7-5-3-4-6-8-2/h7H,3-6H2,1-2H3. The number of hydrogen-bond donors (Lipinski definition) is 1. The van der Waals surface area contributed by atoms with Crippen LogP contribution in [0.1, 0.15) is 12.8 Å². The van der Waals surface area contributed by atoms with E-state index in [0.717, 1.165) is 0 Å². The van der Waals surface area contributed by atoms with Crippen molar-refractivity contribution >= 4 is 11.8 Å². The van der Waals surface area contributed by atoms with Crippen molar-refractivity contribution < 1.29 is 0 Å². The number of hydrogen-bond acceptors (Lipinski definition) is 2. The molecule has 0 aromatic rings. The van der Waals surface area contributed by atoms with Crippen LogP contribution in [0.3, 0.4) is 0 Å². The minimum Gasteiger partial charge on any atom is -0.320 e. The Morgan fingerprint density at radius 1 is 1.38 bits per heavy atom. The van der Waals surface area contributed by atoms with E-state index in [0.29, 0.717) is 0 Å². The predicted octanol–water partition coefficient (Wildman–Crippen LogP) is 1.35. The summed E-state index contributed by atoms with van der Waals surface area (Å²) >= 11 is 1.92. The molecule has 0 fully saturated rings. The molecule has 0 aromatic carbocycles. The fraction of sp³-hybridized carbons (Fsp3) is 1.00. The van der Waals surface area contributed by atoms with Crippen LogP contribution < -0.4 is 5.32 Å². The summed E-state index contributed by atoms with van der Waals surface area (Å²) in [5, 5.41) is 3.12. The summed E-state index contributed by atoms with van der Waals surface area (Å²) in [6, 6.07) is 0. The smallest absolute Gasteiger partial charge is 0.00516 e. The number of unbranched alkanes of at least 4 members (excludes halogenated alkanes) is 1. The van der Waals surface area contributed by atoms with Crippen molar-refractivity contribution in [2.75, 3.05) is 25.6 Å². The molecule has 1 nitrogen and oxygen atoms in total. The Bertz CT molecular complexity index is 33.5. The number of nitrogens with one attached hydrogen (secondary N) is 1. The van der Waals surface area contributed by atoms with Crippen molar-refractivity contribution in [1.29, 1.82) is 0 Å². The van der Waals surface area contributed by atoms with E-state index >= 15 is 0 Å². The molecule has 0 radical (unpaired) electrons. The van der Waals surface area contributed by atoms with Crippen LogP contribution in [0, 0.1) is 0 Å². The fourth-order valence-electron chi connectivity index (χ4n) is 0.548. The van der Waals surface area contributed by atoms with Crippen LogP contribution in [0.2, 0.25) is 0 Å². The summed E-state index contributed by atoms with van der Waals surface area (Å²) in [6.07, 6.45) is 4.82. The van der Waals surface area contributed by atoms with Gasteiger partial charge in [0.25, 0.3) is 0 Å². The van der Waals surface area contributed by atoms with E-state index in [-0.39, 0.29) is 0 Å². The third-order valence-corrected chi connectivity index (χ3v) is 1.72. The predicted molar refractivity (Wildman–Crippen MR) is 41.5 cm³/mol. The molecule has 1 N–H and O–H groups in total. The van der Waals surface area contributed by atoms with Gasteiger partial charge in [-0.3, -0.25) is 0 Å². The van der Waals surface area contributed by atoms with E-state index in [2.05, 4.69) is 11.6 Å². The average Bonchev–Trinajstić information content (AvgIpc) is 1.81. The molecule has 0 aliphatic rings. The van der Waals surface area contributed by atoms with Gasteiger partial charge in [-0.2, -0.15) is 11.8 Å². The largest absolute Gasteiger partial charge is 0.320 e. The van der Waals surface area contributed by atoms with Crippen LogP contribution in [0.25, 0.3) is 0 Å². The van der Waals surface area contributed by atoms with E-state index in [1.165, 1.54) is 25.1 Å². The summed E-state index contributed by atoms with van der Waals surface area (Å²) in [5.74, 6) is 1.31. The molecule has 0 rings (SSSR count). The van der Waals surface area contributed by atoms with Crippen LogP contribution in [-0.2, 0) is 0 Å². The van der Waals surface area contributed by atoms with Gasteiger partial charge in [-0.1, -0.05) is 0 Å². The summed E-state index contributed by atoms with van der Waals surface area (Å²) in [6.45, 7) is 1.17. The van der Waals surface area contributed by atoms with E-state index in [4.69, 9.17) is 0 Å². The van der Waals surface area contributed by atoms with Gasteiger partial charge in [0, 0.05) is 0 Å². The number of thioether (sulfide) groups is 1. The highest BCUT2D eigenvalue weighted by Gasteiger charge is 1.82. The first-order valence-corrected chi connectivity index (χ1v) is 4.44. The maximum atomic E-state index is 3.12. The summed E-state index contributed by atoms with van der Waals surface area (Å²) in [7, 11) is 2.00. The Morgan fingerprint density at radius 3 is 2.62 bits per heavy atom. The third kappa shape index (κ3) is 6.31. The topological polar surface area (TPSA) is 12.0 Å². The lowest BCUT2D eigenvalue weighted by molar-refractivity contribution is 0.715. The molecule has 0 unspecified atom stereocenters. The number of rotatable bonds is 5. The van der Waals surface area contributed by atoms with Crippen LogP contribution in [0.15, 0.2) is 0 Å². The summed E-state index contributed by atoms with van der Waals surface area (Å²) < 4.78 is 0. The van der Waals surface area contributed by atoms with Gasteiger partial charge in [0.2, 0.25) is 0 Å². The maximum absolute atomic E-state index is 3.12. The first-order chi connectivity index (χ1) is 3.91. The highest BCUT2D eigenvalue weighted by molar-refractivity contribution is 7.98. The molecule has 0 atom stereocenters. The van der Waals surface area contributed by atoms with Gasteiger partial charge in [0.15, 0.2) is 0 Å². The highest BCUT2D eigenvalue weighted by Crippen LogP contribution is 1.97. The molecule has 0 aliphatic carbocycles. The van der Waals surface area contributed by atoms with Crippen LogP contribution >= 0.6 is 11.8 Å². The Kier molecular flexibility index (Phi) is 7.59. The Hall–Kier alpha value is 0.310. The highest BCUT2D eigenvalue weighted by atomic mass is 32.2. The van der Waals surface area contributed by atoms with E-state index in [1.807, 2.05) is 18.8 Å². The lowest BCUT2D eigenvalue weighted by atomic mass is 10.3. The molecule has 0 aromatic heterocycles. The minimum atomic E-state index is 1.17. The zero-order chi connectivity index (χ0) is 6.24. The molecular formula is C6H15NS. The van der Waals surface area contributed by atoms with Gasteiger partial charge < -0.3 is 5.32 Å². The van der Waals surface area contributed by atoms with Gasteiger partial charge >= 0.3 is 0 Å². The van der Waals surface area contributed by atoms with Crippen LogP contribution in [-0.4, -0.2) is 25.6 Å². The monoisotopic (exact) mass is 133 g/mol. The van der Waals surface area contributed by atoms with E-state index in [1.54, 1.807) is 0 Å². The van der Waals surface area contributed by atoms with Crippen molar-refractivity contribution in [2.45, 2.75) is 12.8 Å². The van der Waals surface area contributed by atoms with Gasteiger partial charge in [-0.15, -0.1) is 0 Å². The van der Waals surface area contributed by atoms with Crippen molar-refractivity contribution in [1.82, 2.24) is 5.32 Å². The van der Waals surface area contributed by atoms with Crippen molar-refractivity contribution in [3.8, 4) is 0 Å². The fourth-order valence-corrected chi connectivity index (χ4v) is 1.04. The van der Waals surface area contributed by atoms with Gasteiger partial charge in [0.1, 0.15) is 0 Å². The SMILES string of the molecule is CNCCCCSC. The molecule has 50 valence electrons. The van der Waals surface area contributed by atoms with Gasteiger partial charge in [-0.25, -0.2) is 0 Å². The molecule has 0 amide bonds. The molecule has 0 bridgehead atoms. The zero-order valence-corrected chi connectivity index (χ0v) is 6.55. The van der Waals surface area contributed by atoms with Crippen molar-refractivity contribution in [3.05, 3.63) is 0 Å². The molecule has 0 saturated carbocycles. The van der Waals surface area contributed by atoms with Crippen LogP contribution in [0.5, 0.6) is 0 Å². The molecule has 0 spiro atoms. The van der Waals surface area contributed by atoms with Crippen molar-refractivity contribution in [2.24, 2.45) is 0 Å². The Morgan fingerprint density at radius 2 is 2.12 bits per heavy atom. The molecule has 0 heterocycles. The lowest BCUT2D eigenvalue weighted by Gasteiger charge is -1.95. The quantitative estimate of drug-likeness (QED) is 0.568. The molecule has 2 heteroatoms. The first-order valence-electron chi connectivity index (χ1n) is 3.05. The summed E-state index contributed by atoms with van der Waals surface area (Å²) in [4.78, 5) is 0. The Balaban J connectivity index is 2.53. The molecule has 8 heavy (non-hydrogen) atoms. The van der Waals surface area contributed by atoms with E-state index < -0.39 is 0 Å². The molecule has 0 aliphatic heterocycles. The maximum Gasteiger partial charge on any atom is -0.00516 e. The van der Waals surface area contributed by atoms with Gasteiger partial charge in [-0.05, 0) is 38.4 Å². The lowest BCUT2D eigenvalue weighted by Crippen LogP contribution is -2.07. The van der Waals surface area contributed by atoms with Gasteiger partial charge in [0.05, 0.1) is 0 Å². The molecule has 0 saturated heterocycles. The minimum absolute atomic E-state index is 1.17. The Labute approximate surface area is 56.2 Å². The zero-order valence-electron chi connectivity index (χ0n) is 5.74. The second kappa shape index (κ2) is 7.31. The van der Waals surface area contributed by atoms with E-state index in [9.17, 15) is 0 Å².